The molecule has 2 aliphatic heterocycles. The summed E-state index contributed by atoms with van der Waals surface area (Å²) in [5.41, 5.74) is 2.61. The van der Waals surface area contributed by atoms with Crippen molar-refractivity contribution in [3.05, 3.63) is 76.4 Å². The first-order valence-electron chi connectivity index (χ1n) is 12.1. The fraction of sp³-hybridized carbons (Fsp3) is 0.321. The molecule has 0 radical (unpaired) electrons. The van der Waals surface area contributed by atoms with Crippen molar-refractivity contribution in [1.29, 1.82) is 0 Å². The highest BCUT2D eigenvalue weighted by molar-refractivity contribution is 6.39. The average molecular weight is 469 g/mol. The number of hydrogen-bond acceptors (Lipinski definition) is 5. The minimum absolute atomic E-state index is 0.0675. The molecule has 0 spiro atoms. The summed E-state index contributed by atoms with van der Waals surface area (Å²) in [6.07, 6.45) is 5.70. The van der Waals surface area contributed by atoms with Gasteiger partial charge in [-0.05, 0) is 38.7 Å². The third-order valence-electron chi connectivity index (χ3n) is 6.90. The van der Waals surface area contributed by atoms with Gasteiger partial charge in [0.25, 0.3) is 11.8 Å². The van der Waals surface area contributed by atoms with Crippen LogP contribution in [0.5, 0.6) is 0 Å². The Labute approximate surface area is 203 Å². The van der Waals surface area contributed by atoms with Crippen molar-refractivity contribution >= 4 is 34.4 Å². The van der Waals surface area contributed by atoms with Crippen molar-refractivity contribution in [3.8, 4) is 0 Å². The number of rotatable bonds is 2. The lowest BCUT2D eigenvalue weighted by molar-refractivity contribution is -0.123. The van der Waals surface area contributed by atoms with E-state index in [2.05, 4.69) is 34.9 Å². The smallest absolute Gasteiger partial charge is 0.259 e. The molecule has 7 heteroatoms. The molecule has 178 valence electrons. The summed E-state index contributed by atoms with van der Waals surface area (Å²) in [4.78, 5) is 33.1. The van der Waals surface area contributed by atoms with E-state index in [1.807, 2.05) is 48.7 Å². The number of hydrogen-bond donors (Lipinski definition) is 1. The van der Waals surface area contributed by atoms with E-state index in [4.69, 9.17) is 9.73 Å². The fourth-order valence-corrected chi connectivity index (χ4v) is 5.15. The van der Waals surface area contributed by atoms with Gasteiger partial charge in [0.1, 0.15) is 0 Å². The summed E-state index contributed by atoms with van der Waals surface area (Å²) in [5, 5.41) is 5.09. The molecule has 2 bridgehead atoms. The number of likely N-dealkylation sites (N-methyl/N-ethyl adjacent to an activating group) is 1. The van der Waals surface area contributed by atoms with Crippen LogP contribution in [0.2, 0.25) is 0 Å². The molecular weight excluding hydrogens is 440 g/mol. The lowest BCUT2D eigenvalue weighted by Gasteiger charge is -2.22. The van der Waals surface area contributed by atoms with Crippen LogP contribution in [0.3, 0.4) is 0 Å². The maximum absolute atomic E-state index is 13.0. The van der Waals surface area contributed by atoms with Gasteiger partial charge in [0, 0.05) is 47.4 Å². The third-order valence-corrected chi connectivity index (χ3v) is 6.90. The molecule has 2 amide bonds. The van der Waals surface area contributed by atoms with Crippen LogP contribution in [0.25, 0.3) is 22.6 Å². The Morgan fingerprint density at radius 1 is 1.09 bits per heavy atom. The number of para-hydroxylation sites is 2. The summed E-state index contributed by atoms with van der Waals surface area (Å²) in [6, 6.07) is 15.9. The van der Waals surface area contributed by atoms with Crippen molar-refractivity contribution in [2.24, 2.45) is 4.99 Å². The van der Waals surface area contributed by atoms with Crippen LogP contribution >= 0.6 is 0 Å². The van der Waals surface area contributed by atoms with E-state index >= 15 is 0 Å². The Bertz CT molecular complexity index is 1500. The number of fused-ring (bicyclic) bond motifs is 8. The molecule has 3 unspecified atom stereocenters. The van der Waals surface area contributed by atoms with E-state index in [-0.39, 0.29) is 30.1 Å². The standard InChI is InChI=1S/C28H28N4O3/c1-31(2)15-18-11-12-32-16-21(19-8-4-6-10-24(19)32)26-20(27(33)30-28(26)34)13-17-7-3-5-9-22(17)29-23-14-25(23)35-18/h3-10,13,16,18,23,25H,11-12,14-15H2,1-2H3,(H,30,33,34)/b17-13+,29-22?. The summed E-state index contributed by atoms with van der Waals surface area (Å²) in [5.74, 6) is -0.737. The molecule has 3 aromatic rings. The maximum atomic E-state index is 13.0. The summed E-state index contributed by atoms with van der Waals surface area (Å²) < 4.78 is 8.69. The molecule has 1 aromatic heterocycles. The number of imide groups is 1. The van der Waals surface area contributed by atoms with Crippen molar-refractivity contribution < 1.29 is 14.3 Å². The molecule has 2 aromatic carbocycles. The lowest BCUT2D eigenvalue weighted by atomic mass is 10.00. The number of nitrogens with one attached hydrogen (secondary N) is 1. The van der Waals surface area contributed by atoms with Crippen LogP contribution in [0.15, 0.2) is 65.3 Å². The maximum Gasteiger partial charge on any atom is 0.259 e. The van der Waals surface area contributed by atoms with Crippen LogP contribution < -0.4 is 15.9 Å². The molecule has 3 aliphatic rings. The van der Waals surface area contributed by atoms with E-state index in [1.54, 1.807) is 6.08 Å². The number of amides is 2. The first-order valence-corrected chi connectivity index (χ1v) is 12.1. The zero-order valence-corrected chi connectivity index (χ0v) is 19.9. The highest BCUT2D eigenvalue weighted by Gasteiger charge is 2.40. The quantitative estimate of drug-likeness (QED) is 0.581. The van der Waals surface area contributed by atoms with Crippen LogP contribution in [-0.4, -0.2) is 60.2 Å². The SMILES string of the molecule is CN(C)CC1CCn2cc(c3ccccc32)C2=C(/C=c3\ccccc3=NC3CC3O1)C(=O)NC2=O. The second kappa shape index (κ2) is 8.59. The van der Waals surface area contributed by atoms with Gasteiger partial charge in [0.05, 0.1) is 34.8 Å². The van der Waals surface area contributed by atoms with Crippen LogP contribution in [0, 0.1) is 0 Å². The number of aromatic nitrogens is 1. The Balaban J connectivity index is 1.59. The minimum atomic E-state index is -0.375. The van der Waals surface area contributed by atoms with Gasteiger partial charge in [-0.25, -0.2) is 0 Å². The van der Waals surface area contributed by atoms with Crippen molar-refractivity contribution in [2.45, 2.75) is 37.6 Å². The zero-order chi connectivity index (χ0) is 24.1. The molecule has 1 saturated carbocycles. The Hall–Kier alpha value is -3.55. The number of ether oxygens (including phenoxy) is 1. The van der Waals surface area contributed by atoms with Crippen molar-refractivity contribution in [3.63, 3.8) is 0 Å². The second-order valence-electron chi connectivity index (χ2n) is 9.81. The van der Waals surface area contributed by atoms with Gasteiger partial charge in [0.2, 0.25) is 0 Å². The molecule has 3 atom stereocenters. The van der Waals surface area contributed by atoms with E-state index in [0.717, 1.165) is 53.0 Å². The number of carbonyl (C=O) groups is 2. The number of benzene rings is 2. The van der Waals surface area contributed by atoms with E-state index < -0.39 is 0 Å². The highest BCUT2D eigenvalue weighted by Crippen LogP contribution is 2.34. The molecular formula is C28H28N4O3. The van der Waals surface area contributed by atoms with Gasteiger partial charge >= 0.3 is 0 Å². The summed E-state index contributed by atoms with van der Waals surface area (Å²) in [7, 11) is 4.12. The predicted molar refractivity (Wildman–Crippen MR) is 134 cm³/mol. The van der Waals surface area contributed by atoms with Crippen LogP contribution in [0.1, 0.15) is 18.4 Å². The molecule has 7 nitrogen and oxygen atoms in total. The number of carbonyl (C=O) groups excluding carboxylic acids is 2. The average Bonchev–Trinajstić information content (AvgIpc) is 3.35. The summed E-state index contributed by atoms with van der Waals surface area (Å²) >= 11 is 0. The Kier molecular flexibility index (Phi) is 5.39. The van der Waals surface area contributed by atoms with E-state index in [0.29, 0.717) is 11.1 Å². The van der Waals surface area contributed by atoms with Crippen LogP contribution in [-0.2, 0) is 20.9 Å². The van der Waals surface area contributed by atoms with Gasteiger partial charge in [-0.15, -0.1) is 0 Å². The molecule has 3 heterocycles. The van der Waals surface area contributed by atoms with Crippen molar-refractivity contribution in [2.75, 3.05) is 20.6 Å². The van der Waals surface area contributed by atoms with E-state index in [9.17, 15) is 9.59 Å². The summed E-state index contributed by atoms with van der Waals surface area (Å²) in [6.45, 7) is 1.57. The van der Waals surface area contributed by atoms with Gasteiger partial charge < -0.3 is 14.2 Å². The minimum Gasteiger partial charge on any atom is -0.371 e. The normalized spacial score (nSPS) is 25.0. The zero-order valence-electron chi connectivity index (χ0n) is 19.9. The van der Waals surface area contributed by atoms with Crippen molar-refractivity contribution in [1.82, 2.24) is 14.8 Å². The first kappa shape index (κ1) is 21.9. The second-order valence-corrected chi connectivity index (χ2v) is 9.81. The fourth-order valence-electron chi connectivity index (χ4n) is 5.15. The van der Waals surface area contributed by atoms with Gasteiger partial charge in [0.15, 0.2) is 0 Å². The van der Waals surface area contributed by atoms with Gasteiger partial charge in [-0.1, -0.05) is 36.4 Å². The van der Waals surface area contributed by atoms with Gasteiger partial charge in [-0.3, -0.25) is 19.9 Å². The first-order chi connectivity index (χ1) is 17.0. The molecule has 1 fully saturated rings. The molecule has 1 N–H and O–H groups in total. The lowest BCUT2D eigenvalue weighted by Crippen LogP contribution is -2.31. The largest absolute Gasteiger partial charge is 0.371 e. The number of nitrogens with zero attached hydrogens (tertiary/aromatic N) is 3. The van der Waals surface area contributed by atoms with Crippen LogP contribution in [0.4, 0.5) is 0 Å². The Morgan fingerprint density at radius 2 is 1.89 bits per heavy atom. The molecule has 35 heavy (non-hydrogen) atoms. The topological polar surface area (TPSA) is 75.9 Å². The monoisotopic (exact) mass is 468 g/mol. The number of aryl methyl sites for hydroxylation is 1. The van der Waals surface area contributed by atoms with Gasteiger partial charge in [-0.2, -0.15) is 0 Å². The third kappa shape index (κ3) is 4.11. The van der Waals surface area contributed by atoms with E-state index in [1.165, 1.54) is 0 Å². The predicted octanol–water partition coefficient (Wildman–Crippen LogP) is 1.64. The molecule has 0 saturated heterocycles. The Morgan fingerprint density at radius 3 is 2.74 bits per heavy atom. The molecule has 1 aliphatic carbocycles. The molecule has 6 rings (SSSR count). The highest BCUT2D eigenvalue weighted by atomic mass is 16.5.